The Hall–Kier alpha value is -2.10. The van der Waals surface area contributed by atoms with Crippen molar-refractivity contribution in [2.24, 2.45) is 0 Å². The summed E-state index contributed by atoms with van der Waals surface area (Å²) in [6.07, 6.45) is 5.01. The van der Waals surface area contributed by atoms with Crippen molar-refractivity contribution in [1.29, 1.82) is 0 Å². The molecule has 0 bridgehead atoms. The Morgan fingerprint density at radius 2 is 2.05 bits per heavy atom. The molecule has 0 radical (unpaired) electrons. The molecule has 1 fully saturated rings. The molecule has 1 saturated carbocycles. The Morgan fingerprint density at radius 1 is 1.37 bits per heavy atom. The maximum atomic E-state index is 12.0. The Labute approximate surface area is 112 Å². The van der Waals surface area contributed by atoms with Crippen molar-refractivity contribution >= 4 is 18.0 Å². The molecule has 4 nitrogen and oxygen atoms in total. The number of hydrogen-bond acceptors (Lipinski definition) is 2. The van der Waals surface area contributed by atoms with Gasteiger partial charge in [-0.15, -0.1) is 0 Å². The molecule has 1 N–H and O–H groups in total. The summed E-state index contributed by atoms with van der Waals surface area (Å²) in [5, 5.41) is 8.82. The van der Waals surface area contributed by atoms with E-state index < -0.39 is 5.97 Å². The lowest BCUT2D eigenvalue weighted by molar-refractivity contribution is -0.143. The van der Waals surface area contributed by atoms with E-state index in [1.807, 2.05) is 31.2 Å². The Morgan fingerprint density at radius 3 is 2.63 bits per heavy atom. The van der Waals surface area contributed by atoms with Gasteiger partial charge in [0.15, 0.2) is 0 Å². The summed E-state index contributed by atoms with van der Waals surface area (Å²) in [5.41, 5.74) is 2.06. The van der Waals surface area contributed by atoms with Gasteiger partial charge in [0.25, 0.3) is 0 Å². The zero-order chi connectivity index (χ0) is 13.8. The summed E-state index contributed by atoms with van der Waals surface area (Å²) in [4.78, 5) is 24.2. The molecule has 1 aliphatic rings. The lowest BCUT2D eigenvalue weighted by atomic mass is 10.1. The van der Waals surface area contributed by atoms with Gasteiger partial charge >= 0.3 is 5.97 Å². The smallest absolute Gasteiger partial charge is 0.323 e. The standard InChI is InChI=1S/C15H17NO3/c1-11-4-2-3-5-12(11)6-9-14(17)16(10-15(18)19)13-7-8-13/h2-6,9,13H,7-8,10H2,1H3,(H,18,19)/b9-6+. The molecular weight excluding hydrogens is 242 g/mol. The Bertz CT molecular complexity index is 518. The largest absolute Gasteiger partial charge is 0.480 e. The maximum Gasteiger partial charge on any atom is 0.323 e. The van der Waals surface area contributed by atoms with Crippen LogP contribution in [0.15, 0.2) is 30.3 Å². The second-order valence-corrected chi connectivity index (χ2v) is 4.78. The van der Waals surface area contributed by atoms with Crippen molar-refractivity contribution in [2.45, 2.75) is 25.8 Å². The number of carboxylic acid groups (broad SMARTS) is 1. The minimum atomic E-state index is -0.968. The predicted octanol–water partition coefficient (Wildman–Crippen LogP) is 2.08. The third kappa shape index (κ3) is 3.68. The summed E-state index contributed by atoms with van der Waals surface area (Å²) >= 11 is 0. The highest BCUT2D eigenvalue weighted by atomic mass is 16.4. The van der Waals surface area contributed by atoms with Crippen LogP contribution in [0.1, 0.15) is 24.0 Å². The molecular formula is C15H17NO3. The second kappa shape index (κ2) is 5.69. The fraction of sp³-hybridized carbons (Fsp3) is 0.333. The van der Waals surface area contributed by atoms with Gasteiger partial charge in [0.2, 0.25) is 5.91 Å². The van der Waals surface area contributed by atoms with Gasteiger partial charge in [0.05, 0.1) is 0 Å². The molecule has 0 aliphatic heterocycles. The Balaban J connectivity index is 2.06. The molecule has 1 aliphatic carbocycles. The number of rotatable bonds is 5. The number of hydrogen-bond donors (Lipinski definition) is 1. The van der Waals surface area contributed by atoms with Gasteiger partial charge in [-0.3, -0.25) is 9.59 Å². The zero-order valence-electron chi connectivity index (χ0n) is 10.9. The van der Waals surface area contributed by atoms with Gasteiger partial charge < -0.3 is 10.0 Å². The van der Waals surface area contributed by atoms with Crippen LogP contribution < -0.4 is 0 Å². The SMILES string of the molecule is Cc1ccccc1/C=C/C(=O)N(CC(=O)O)C1CC1. The van der Waals surface area contributed by atoms with E-state index in [1.165, 1.54) is 11.0 Å². The van der Waals surface area contributed by atoms with E-state index in [2.05, 4.69) is 0 Å². The average molecular weight is 259 g/mol. The summed E-state index contributed by atoms with van der Waals surface area (Å²) in [6, 6.07) is 7.85. The van der Waals surface area contributed by atoms with Crippen LogP contribution in [-0.2, 0) is 9.59 Å². The minimum absolute atomic E-state index is 0.102. The van der Waals surface area contributed by atoms with Crippen LogP contribution in [0.2, 0.25) is 0 Å². The van der Waals surface area contributed by atoms with Crippen molar-refractivity contribution < 1.29 is 14.7 Å². The molecule has 0 saturated heterocycles. The van der Waals surface area contributed by atoms with Crippen LogP contribution in [0, 0.1) is 6.92 Å². The van der Waals surface area contributed by atoms with Crippen LogP contribution in [0.4, 0.5) is 0 Å². The van der Waals surface area contributed by atoms with Crippen LogP contribution in [-0.4, -0.2) is 34.5 Å². The fourth-order valence-corrected chi connectivity index (χ4v) is 1.95. The lowest BCUT2D eigenvalue weighted by Gasteiger charge is -2.18. The van der Waals surface area contributed by atoms with E-state index in [9.17, 15) is 9.59 Å². The minimum Gasteiger partial charge on any atom is -0.480 e. The number of carboxylic acids is 1. The molecule has 1 aromatic rings. The Kier molecular flexibility index (Phi) is 4.00. The highest BCUT2D eigenvalue weighted by molar-refractivity contribution is 5.94. The topological polar surface area (TPSA) is 57.6 Å². The van der Waals surface area contributed by atoms with Crippen molar-refractivity contribution in [2.75, 3.05) is 6.54 Å². The number of carbonyl (C=O) groups excluding carboxylic acids is 1. The molecule has 0 atom stereocenters. The summed E-state index contributed by atoms with van der Waals surface area (Å²) in [6.45, 7) is 1.75. The highest BCUT2D eigenvalue weighted by Gasteiger charge is 2.32. The maximum absolute atomic E-state index is 12.0. The van der Waals surface area contributed by atoms with E-state index in [1.54, 1.807) is 6.08 Å². The molecule has 0 aromatic heterocycles. The van der Waals surface area contributed by atoms with Crippen molar-refractivity contribution in [3.05, 3.63) is 41.5 Å². The van der Waals surface area contributed by atoms with Crippen LogP contribution in [0.5, 0.6) is 0 Å². The quantitative estimate of drug-likeness (QED) is 0.824. The van der Waals surface area contributed by atoms with E-state index in [0.717, 1.165) is 24.0 Å². The van der Waals surface area contributed by atoms with Gasteiger partial charge in [-0.05, 0) is 37.0 Å². The van der Waals surface area contributed by atoms with Crippen LogP contribution in [0.25, 0.3) is 6.08 Å². The first kappa shape index (κ1) is 13.3. The number of benzene rings is 1. The molecule has 19 heavy (non-hydrogen) atoms. The normalized spacial score (nSPS) is 14.6. The van der Waals surface area contributed by atoms with E-state index in [4.69, 9.17) is 5.11 Å². The highest BCUT2D eigenvalue weighted by Crippen LogP contribution is 2.27. The molecule has 4 heteroatoms. The zero-order valence-corrected chi connectivity index (χ0v) is 10.9. The van der Waals surface area contributed by atoms with Crippen molar-refractivity contribution in [1.82, 2.24) is 4.90 Å². The monoisotopic (exact) mass is 259 g/mol. The average Bonchev–Trinajstić information content (AvgIpc) is 3.18. The second-order valence-electron chi connectivity index (χ2n) is 4.78. The molecule has 1 aromatic carbocycles. The third-order valence-corrected chi connectivity index (χ3v) is 3.17. The van der Waals surface area contributed by atoms with Gasteiger partial charge in [-0.25, -0.2) is 0 Å². The lowest BCUT2D eigenvalue weighted by Crippen LogP contribution is -2.36. The molecule has 2 rings (SSSR count). The van der Waals surface area contributed by atoms with E-state index >= 15 is 0 Å². The first-order valence-electron chi connectivity index (χ1n) is 6.34. The molecule has 0 unspecified atom stereocenters. The van der Waals surface area contributed by atoms with Crippen LogP contribution in [0.3, 0.4) is 0 Å². The van der Waals surface area contributed by atoms with E-state index in [-0.39, 0.29) is 18.5 Å². The summed E-state index contributed by atoms with van der Waals surface area (Å²) in [5.74, 6) is -1.20. The molecule has 0 heterocycles. The predicted molar refractivity (Wildman–Crippen MR) is 72.6 cm³/mol. The number of aryl methyl sites for hydroxylation is 1. The van der Waals surface area contributed by atoms with Gasteiger partial charge in [-0.1, -0.05) is 24.3 Å². The fourth-order valence-electron chi connectivity index (χ4n) is 1.95. The summed E-state index contributed by atoms with van der Waals surface area (Å²) < 4.78 is 0. The third-order valence-electron chi connectivity index (χ3n) is 3.17. The van der Waals surface area contributed by atoms with Crippen molar-refractivity contribution in [3.8, 4) is 0 Å². The van der Waals surface area contributed by atoms with Crippen molar-refractivity contribution in [3.63, 3.8) is 0 Å². The van der Waals surface area contributed by atoms with E-state index in [0.29, 0.717) is 0 Å². The molecule has 100 valence electrons. The van der Waals surface area contributed by atoms with Gasteiger partial charge in [-0.2, -0.15) is 0 Å². The number of amides is 1. The first-order valence-corrected chi connectivity index (χ1v) is 6.34. The molecule has 1 amide bonds. The van der Waals surface area contributed by atoms with Crippen LogP contribution >= 0.6 is 0 Å². The number of aliphatic carboxylic acids is 1. The molecule has 0 spiro atoms. The number of carbonyl (C=O) groups is 2. The number of nitrogens with zero attached hydrogens (tertiary/aromatic N) is 1. The van der Waals surface area contributed by atoms with Gasteiger partial charge in [0.1, 0.15) is 6.54 Å². The van der Waals surface area contributed by atoms with Gasteiger partial charge in [0, 0.05) is 12.1 Å². The first-order chi connectivity index (χ1) is 9.08. The summed E-state index contributed by atoms with van der Waals surface area (Å²) in [7, 11) is 0.